The molecule has 9 heteroatoms. The smallest absolute Gasteiger partial charge is 0.396 e. The monoisotopic (exact) mass is 381 g/mol. The molecule has 0 aliphatic heterocycles. The number of nitrogen functional groups attached to an aromatic ring is 1. The maximum atomic E-state index is 12.8. The number of anilines is 1. The largest absolute Gasteiger partial charge is 0.434 e. The fourth-order valence-corrected chi connectivity index (χ4v) is 2.71. The Labute approximate surface area is 152 Å². The van der Waals surface area contributed by atoms with E-state index in [1.54, 1.807) is 12.1 Å². The molecule has 0 atom stereocenters. The number of nitrogens with two attached hydrogens (primary N) is 1. The van der Waals surface area contributed by atoms with E-state index in [2.05, 4.69) is 15.0 Å². The fourth-order valence-electron chi connectivity index (χ4n) is 2.56. The molecule has 2 N–H and O–H groups in total. The lowest BCUT2D eigenvalue weighted by atomic mass is 10.1. The Balaban J connectivity index is 1.75. The van der Waals surface area contributed by atoms with E-state index in [0.717, 1.165) is 11.8 Å². The Bertz CT molecular complexity index is 919. The molecule has 0 saturated heterocycles. The van der Waals surface area contributed by atoms with Crippen molar-refractivity contribution in [2.45, 2.75) is 19.0 Å². The van der Waals surface area contributed by atoms with Crippen molar-refractivity contribution in [3.05, 3.63) is 58.9 Å². The molecule has 0 spiro atoms. The number of nitrogens with zero attached hydrogens (tertiary/aromatic N) is 4. The lowest BCUT2D eigenvalue weighted by molar-refractivity contribution is -0.140. The second-order valence-corrected chi connectivity index (χ2v) is 6.13. The molecule has 26 heavy (non-hydrogen) atoms. The van der Waals surface area contributed by atoms with Gasteiger partial charge in [-0.25, -0.2) is 15.0 Å². The third kappa shape index (κ3) is 3.96. The van der Waals surface area contributed by atoms with Gasteiger partial charge in [0.1, 0.15) is 5.82 Å². The van der Waals surface area contributed by atoms with Gasteiger partial charge in [-0.05, 0) is 30.0 Å². The molecule has 136 valence electrons. The number of imidazole rings is 1. The summed E-state index contributed by atoms with van der Waals surface area (Å²) >= 11 is 5.77. The maximum Gasteiger partial charge on any atom is 0.434 e. The summed E-state index contributed by atoms with van der Waals surface area (Å²) < 4.78 is 39.7. The van der Waals surface area contributed by atoms with Gasteiger partial charge in [0.05, 0.1) is 17.6 Å². The third-order valence-corrected chi connectivity index (χ3v) is 4.08. The second-order valence-electron chi connectivity index (χ2n) is 5.80. The van der Waals surface area contributed by atoms with Crippen LogP contribution in [0, 0.1) is 0 Å². The number of benzene rings is 1. The molecule has 1 aromatic carbocycles. The molecule has 2 heterocycles. The summed E-state index contributed by atoms with van der Waals surface area (Å²) in [7, 11) is 1.53. The predicted octanol–water partition coefficient (Wildman–Crippen LogP) is 3.92. The number of aromatic nitrogens is 4. The summed E-state index contributed by atoms with van der Waals surface area (Å²) in [5, 5.41) is 0.139. The number of alkyl halides is 3. The van der Waals surface area contributed by atoms with Gasteiger partial charge in [0.15, 0.2) is 5.69 Å². The first-order valence-corrected chi connectivity index (χ1v) is 8.08. The zero-order valence-corrected chi connectivity index (χ0v) is 14.5. The van der Waals surface area contributed by atoms with Gasteiger partial charge in [-0.2, -0.15) is 13.2 Å². The molecule has 0 saturated carbocycles. The molecule has 0 unspecified atom stereocenters. The average molecular weight is 382 g/mol. The Morgan fingerprint density at radius 1 is 1.12 bits per heavy atom. The van der Waals surface area contributed by atoms with Gasteiger partial charge in [-0.1, -0.05) is 24.3 Å². The Morgan fingerprint density at radius 2 is 1.81 bits per heavy atom. The van der Waals surface area contributed by atoms with Crippen molar-refractivity contribution in [3.8, 4) is 11.4 Å². The van der Waals surface area contributed by atoms with Crippen molar-refractivity contribution in [3.63, 3.8) is 0 Å². The van der Waals surface area contributed by atoms with Crippen LogP contribution in [0.1, 0.15) is 17.0 Å². The zero-order valence-electron chi connectivity index (χ0n) is 13.8. The van der Waals surface area contributed by atoms with Crippen molar-refractivity contribution >= 4 is 17.3 Å². The first-order valence-electron chi connectivity index (χ1n) is 7.71. The average Bonchev–Trinajstić information content (AvgIpc) is 2.98. The van der Waals surface area contributed by atoms with E-state index in [1.165, 1.54) is 17.8 Å². The number of hydrogen-bond acceptors (Lipinski definition) is 4. The Kier molecular flexibility index (Phi) is 4.86. The SMILES string of the molecule is Cn1cc(C(F)(F)F)nc1-c1ccc(CCc2nc(Cl)ncc2N)cc1. The van der Waals surface area contributed by atoms with Crippen LogP contribution in [0.4, 0.5) is 18.9 Å². The van der Waals surface area contributed by atoms with E-state index in [9.17, 15) is 13.2 Å². The van der Waals surface area contributed by atoms with Crippen LogP contribution in [-0.2, 0) is 26.1 Å². The van der Waals surface area contributed by atoms with E-state index in [0.29, 0.717) is 29.8 Å². The van der Waals surface area contributed by atoms with Crippen molar-refractivity contribution in [2.24, 2.45) is 7.05 Å². The van der Waals surface area contributed by atoms with Crippen LogP contribution < -0.4 is 5.73 Å². The Hall–Kier alpha value is -2.61. The quantitative estimate of drug-likeness (QED) is 0.695. The molecule has 0 aliphatic carbocycles. The van der Waals surface area contributed by atoms with Gasteiger partial charge in [0.25, 0.3) is 0 Å². The lowest BCUT2D eigenvalue weighted by Crippen LogP contribution is -2.04. The highest BCUT2D eigenvalue weighted by Gasteiger charge is 2.34. The lowest BCUT2D eigenvalue weighted by Gasteiger charge is -2.06. The van der Waals surface area contributed by atoms with E-state index in [1.807, 2.05) is 12.1 Å². The third-order valence-electron chi connectivity index (χ3n) is 3.90. The first-order chi connectivity index (χ1) is 12.2. The standard InChI is InChI=1S/C17H15ClF3N5/c1-26-9-14(17(19,20)21)25-15(26)11-5-2-10(3-6-11)4-7-13-12(22)8-23-16(18)24-13/h2-3,5-6,8-9H,4,7,22H2,1H3. The molecule has 0 aliphatic rings. The summed E-state index contributed by atoms with van der Waals surface area (Å²) in [5.41, 5.74) is 7.65. The summed E-state index contributed by atoms with van der Waals surface area (Å²) in [5.74, 6) is 0.260. The van der Waals surface area contributed by atoms with Gasteiger partial charge < -0.3 is 10.3 Å². The Morgan fingerprint density at radius 3 is 2.42 bits per heavy atom. The molecule has 3 rings (SSSR count). The van der Waals surface area contributed by atoms with Crippen LogP contribution in [0.5, 0.6) is 0 Å². The fraction of sp³-hybridized carbons (Fsp3) is 0.235. The summed E-state index contributed by atoms with van der Waals surface area (Å²) in [6, 6.07) is 7.18. The molecule has 0 fully saturated rings. The van der Waals surface area contributed by atoms with E-state index < -0.39 is 11.9 Å². The van der Waals surface area contributed by atoms with Crippen molar-refractivity contribution < 1.29 is 13.2 Å². The zero-order chi connectivity index (χ0) is 18.9. The van der Waals surface area contributed by atoms with Gasteiger partial charge >= 0.3 is 6.18 Å². The molecular formula is C17H15ClF3N5. The van der Waals surface area contributed by atoms with Gasteiger partial charge in [0, 0.05) is 18.8 Å². The molecular weight excluding hydrogens is 367 g/mol. The van der Waals surface area contributed by atoms with Crippen LogP contribution in [-0.4, -0.2) is 19.5 Å². The molecule has 2 aromatic heterocycles. The molecule has 3 aromatic rings. The van der Waals surface area contributed by atoms with E-state index in [4.69, 9.17) is 17.3 Å². The number of hydrogen-bond donors (Lipinski definition) is 1. The minimum atomic E-state index is -4.46. The van der Waals surface area contributed by atoms with Crippen molar-refractivity contribution in [2.75, 3.05) is 5.73 Å². The van der Waals surface area contributed by atoms with Crippen molar-refractivity contribution in [1.82, 2.24) is 19.5 Å². The van der Waals surface area contributed by atoms with Crippen LogP contribution in [0.3, 0.4) is 0 Å². The molecule has 0 radical (unpaired) electrons. The summed E-state index contributed by atoms with van der Waals surface area (Å²) in [4.78, 5) is 11.6. The summed E-state index contributed by atoms with van der Waals surface area (Å²) in [6.07, 6.45) is -0.785. The normalized spacial score (nSPS) is 11.7. The second kappa shape index (κ2) is 6.95. The minimum absolute atomic E-state index is 0.139. The van der Waals surface area contributed by atoms with E-state index >= 15 is 0 Å². The molecule has 0 bridgehead atoms. The van der Waals surface area contributed by atoms with Crippen LogP contribution in [0.15, 0.2) is 36.7 Å². The minimum Gasteiger partial charge on any atom is -0.396 e. The van der Waals surface area contributed by atoms with Crippen molar-refractivity contribution in [1.29, 1.82) is 0 Å². The number of aryl methyl sites for hydroxylation is 3. The highest BCUT2D eigenvalue weighted by Crippen LogP contribution is 2.30. The van der Waals surface area contributed by atoms with Gasteiger partial charge in [0.2, 0.25) is 5.28 Å². The first kappa shape index (κ1) is 18.2. The number of halogens is 4. The molecule has 0 amide bonds. The van der Waals surface area contributed by atoms with Crippen LogP contribution >= 0.6 is 11.6 Å². The number of rotatable bonds is 4. The highest BCUT2D eigenvalue weighted by molar-refractivity contribution is 6.28. The molecule has 5 nitrogen and oxygen atoms in total. The maximum absolute atomic E-state index is 12.8. The highest BCUT2D eigenvalue weighted by atomic mass is 35.5. The topological polar surface area (TPSA) is 69.6 Å². The predicted molar refractivity (Wildman–Crippen MR) is 92.5 cm³/mol. The summed E-state index contributed by atoms with van der Waals surface area (Å²) in [6.45, 7) is 0. The van der Waals surface area contributed by atoms with Crippen LogP contribution in [0.2, 0.25) is 5.28 Å². The van der Waals surface area contributed by atoms with Gasteiger partial charge in [-0.15, -0.1) is 0 Å². The van der Waals surface area contributed by atoms with E-state index in [-0.39, 0.29) is 11.1 Å². The van der Waals surface area contributed by atoms with Gasteiger partial charge in [-0.3, -0.25) is 0 Å². The van der Waals surface area contributed by atoms with Crippen LogP contribution in [0.25, 0.3) is 11.4 Å².